The Kier molecular flexibility index (Phi) is 7.92. The molecule has 34 heavy (non-hydrogen) atoms. The lowest BCUT2D eigenvalue weighted by Crippen LogP contribution is -2.44. The van der Waals surface area contributed by atoms with Gasteiger partial charge in [-0.05, 0) is 38.3 Å². The number of carbonyl (C=O) groups excluding carboxylic acids is 3. The van der Waals surface area contributed by atoms with Crippen molar-refractivity contribution in [3.05, 3.63) is 34.8 Å². The van der Waals surface area contributed by atoms with Gasteiger partial charge < -0.3 is 15.1 Å². The molecule has 1 aromatic carbocycles. The zero-order valence-corrected chi connectivity index (χ0v) is 20.8. The van der Waals surface area contributed by atoms with E-state index in [9.17, 15) is 14.4 Å². The minimum absolute atomic E-state index is 0.0115. The highest BCUT2D eigenvalue weighted by atomic mass is 32.1. The predicted octanol–water partition coefficient (Wildman–Crippen LogP) is 3.81. The maximum absolute atomic E-state index is 13.1. The third-order valence-corrected chi connectivity index (χ3v) is 7.59. The average molecular weight is 484 g/mol. The predicted molar refractivity (Wildman–Crippen MR) is 133 cm³/mol. The summed E-state index contributed by atoms with van der Waals surface area (Å²) in [6.07, 6.45) is 5.77. The van der Waals surface area contributed by atoms with Crippen molar-refractivity contribution in [2.24, 2.45) is 11.8 Å². The van der Waals surface area contributed by atoms with E-state index in [-0.39, 0.29) is 36.0 Å². The molecule has 0 radical (unpaired) electrons. The molecule has 0 spiro atoms. The van der Waals surface area contributed by atoms with E-state index < -0.39 is 0 Å². The van der Waals surface area contributed by atoms with Crippen LogP contribution in [0.2, 0.25) is 0 Å². The van der Waals surface area contributed by atoms with Crippen molar-refractivity contribution >= 4 is 39.9 Å². The van der Waals surface area contributed by atoms with Crippen molar-refractivity contribution in [1.29, 1.82) is 0 Å². The number of carbonyl (C=O) groups is 3. The molecular weight excluding hydrogens is 450 g/mol. The highest BCUT2D eigenvalue weighted by Crippen LogP contribution is 2.29. The monoisotopic (exact) mass is 483 g/mol. The first-order chi connectivity index (χ1) is 16.4. The fourth-order valence-corrected chi connectivity index (χ4v) is 5.39. The summed E-state index contributed by atoms with van der Waals surface area (Å²) in [6, 6.07) is 7.80. The SMILES string of the molecule is CCCCCc1nnc(NC(=O)C2CCN(C(=O)C3CC(=O)N(c4ccc(C)cc4)C3)CC2)s1. The Hall–Kier alpha value is -2.81. The van der Waals surface area contributed by atoms with E-state index in [0.717, 1.165) is 41.9 Å². The van der Waals surface area contributed by atoms with Crippen molar-refractivity contribution in [2.75, 3.05) is 29.9 Å². The van der Waals surface area contributed by atoms with Crippen LogP contribution in [0.3, 0.4) is 0 Å². The van der Waals surface area contributed by atoms with Crippen molar-refractivity contribution in [3.63, 3.8) is 0 Å². The number of rotatable bonds is 8. The van der Waals surface area contributed by atoms with Gasteiger partial charge in [-0.1, -0.05) is 48.8 Å². The summed E-state index contributed by atoms with van der Waals surface area (Å²) in [6.45, 7) is 5.65. The number of nitrogens with one attached hydrogen (secondary N) is 1. The van der Waals surface area contributed by atoms with Gasteiger partial charge in [0.05, 0.1) is 5.92 Å². The minimum Gasteiger partial charge on any atom is -0.342 e. The number of hydrogen-bond donors (Lipinski definition) is 1. The molecule has 1 unspecified atom stereocenters. The van der Waals surface area contributed by atoms with Gasteiger partial charge in [0.25, 0.3) is 0 Å². The smallest absolute Gasteiger partial charge is 0.229 e. The van der Waals surface area contributed by atoms with E-state index in [1.807, 2.05) is 36.1 Å². The van der Waals surface area contributed by atoms with Crippen LogP contribution in [0.4, 0.5) is 10.8 Å². The molecule has 0 bridgehead atoms. The Bertz CT molecular complexity index is 1010. The second kappa shape index (κ2) is 11.1. The molecule has 2 aromatic rings. The second-order valence-electron chi connectivity index (χ2n) is 9.29. The van der Waals surface area contributed by atoms with E-state index in [1.165, 1.54) is 11.3 Å². The van der Waals surface area contributed by atoms with Gasteiger partial charge in [-0.3, -0.25) is 14.4 Å². The van der Waals surface area contributed by atoms with Crippen molar-refractivity contribution in [1.82, 2.24) is 15.1 Å². The Morgan fingerprint density at radius 2 is 1.82 bits per heavy atom. The number of amides is 3. The first-order valence-electron chi connectivity index (χ1n) is 12.2. The molecule has 0 aliphatic carbocycles. The van der Waals surface area contributed by atoms with Crippen molar-refractivity contribution in [3.8, 4) is 0 Å². The molecule has 3 heterocycles. The van der Waals surface area contributed by atoms with Crippen LogP contribution < -0.4 is 10.2 Å². The third kappa shape index (κ3) is 5.81. The molecule has 3 amide bonds. The van der Waals surface area contributed by atoms with Crippen LogP contribution in [0.15, 0.2) is 24.3 Å². The van der Waals surface area contributed by atoms with Crippen molar-refractivity contribution in [2.45, 2.75) is 58.8 Å². The third-order valence-electron chi connectivity index (χ3n) is 6.69. The molecule has 1 aromatic heterocycles. The molecule has 2 aliphatic heterocycles. The number of aryl methyl sites for hydroxylation is 2. The molecule has 2 fully saturated rings. The van der Waals surface area contributed by atoms with Gasteiger partial charge in [0.15, 0.2) is 0 Å². The highest BCUT2D eigenvalue weighted by molar-refractivity contribution is 7.15. The van der Waals surface area contributed by atoms with Crippen LogP contribution in [0, 0.1) is 18.8 Å². The van der Waals surface area contributed by atoms with Crippen LogP contribution >= 0.6 is 11.3 Å². The van der Waals surface area contributed by atoms with Crippen molar-refractivity contribution < 1.29 is 14.4 Å². The molecule has 0 saturated carbocycles. The van der Waals surface area contributed by atoms with Gasteiger partial charge in [0.2, 0.25) is 22.9 Å². The Morgan fingerprint density at radius 1 is 1.09 bits per heavy atom. The van der Waals surface area contributed by atoms with Gasteiger partial charge in [-0.2, -0.15) is 0 Å². The highest BCUT2D eigenvalue weighted by Gasteiger charge is 2.38. The van der Waals surface area contributed by atoms with E-state index in [1.54, 1.807) is 4.90 Å². The molecule has 182 valence electrons. The molecule has 2 saturated heterocycles. The summed E-state index contributed by atoms with van der Waals surface area (Å²) in [5.41, 5.74) is 1.97. The maximum Gasteiger partial charge on any atom is 0.229 e. The lowest BCUT2D eigenvalue weighted by molar-refractivity contribution is -0.138. The normalized spacial score (nSPS) is 19.0. The Balaban J connectivity index is 1.25. The van der Waals surface area contributed by atoms with E-state index >= 15 is 0 Å². The summed E-state index contributed by atoms with van der Waals surface area (Å²) in [5, 5.41) is 12.7. The molecule has 2 aliphatic rings. The summed E-state index contributed by atoms with van der Waals surface area (Å²) in [5.74, 6) is -0.521. The number of hydrogen-bond acceptors (Lipinski definition) is 6. The summed E-state index contributed by atoms with van der Waals surface area (Å²) in [7, 11) is 0. The lowest BCUT2D eigenvalue weighted by atomic mass is 9.94. The molecule has 1 atom stereocenters. The van der Waals surface area contributed by atoms with Gasteiger partial charge >= 0.3 is 0 Å². The molecule has 4 rings (SSSR count). The summed E-state index contributed by atoms with van der Waals surface area (Å²) >= 11 is 1.44. The molecule has 1 N–H and O–H groups in total. The quantitative estimate of drug-likeness (QED) is 0.576. The standard InChI is InChI=1S/C25H33N5O3S/c1-3-4-5-6-21-27-28-25(34-21)26-23(32)18-11-13-29(14-12-18)24(33)19-15-22(31)30(16-19)20-9-7-17(2)8-10-20/h7-10,18-19H,3-6,11-16H2,1-2H3,(H,26,28,32). The Morgan fingerprint density at radius 3 is 2.53 bits per heavy atom. The van der Waals surface area contributed by atoms with Crippen LogP contribution in [0.5, 0.6) is 0 Å². The second-order valence-corrected chi connectivity index (χ2v) is 10.3. The number of aromatic nitrogens is 2. The largest absolute Gasteiger partial charge is 0.342 e. The van der Waals surface area contributed by atoms with Gasteiger partial charge in [0, 0.05) is 44.1 Å². The number of piperidine rings is 1. The topological polar surface area (TPSA) is 95.5 Å². The maximum atomic E-state index is 13.1. The first kappa shape index (κ1) is 24.3. The fourth-order valence-electron chi connectivity index (χ4n) is 4.61. The number of likely N-dealkylation sites (tertiary alicyclic amines) is 1. The lowest BCUT2D eigenvalue weighted by Gasteiger charge is -2.32. The van der Waals surface area contributed by atoms with Crippen LogP contribution in [-0.2, 0) is 20.8 Å². The number of benzene rings is 1. The minimum atomic E-state index is -0.327. The van der Waals surface area contributed by atoms with Gasteiger partial charge in [-0.25, -0.2) is 0 Å². The molecule has 8 nitrogen and oxygen atoms in total. The Labute approximate surface area is 204 Å². The number of anilines is 2. The van der Waals surface area contributed by atoms with E-state index in [2.05, 4.69) is 22.4 Å². The van der Waals surface area contributed by atoms with Gasteiger partial charge in [0.1, 0.15) is 5.01 Å². The average Bonchev–Trinajstić information content (AvgIpc) is 3.45. The van der Waals surface area contributed by atoms with Crippen LogP contribution in [0.1, 0.15) is 56.0 Å². The zero-order chi connectivity index (χ0) is 24.1. The van der Waals surface area contributed by atoms with E-state index in [0.29, 0.717) is 37.6 Å². The van der Waals surface area contributed by atoms with Crippen LogP contribution in [-0.4, -0.2) is 52.5 Å². The number of nitrogens with zero attached hydrogens (tertiary/aromatic N) is 4. The van der Waals surface area contributed by atoms with Crippen LogP contribution in [0.25, 0.3) is 0 Å². The van der Waals surface area contributed by atoms with Gasteiger partial charge in [-0.15, -0.1) is 10.2 Å². The molecule has 9 heteroatoms. The number of unbranched alkanes of at least 4 members (excludes halogenated alkanes) is 2. The fraction of sp³-hybridized carbons (Fsp3) is 0.560. The van der Waals surface area contributed by atoms with E-state index in [4.69, 9.17) is 0 Å². The first-order valence-corrected chi connectivity index (χ1v) is 13.0. The zero-order valence-electron chi connectivity index (χ0n) is 20.0. The summed E-state index contributed by atoms with van der Waals surface area (Å²) < 4.78 is 0. The molecular formula is C25H33N5O3S. The summed E-state index contributed by atoms with van der Waals surface area (Å²) in [4.78, 5) is 41.9.